The van der Waals surface area contributed by atoms with E-state index in [1.807, 2.05) is 13.1 Å². The highest BCUT2D eigenvalue weighted by Gasteiger charge is 2.26. The molecular weight excluding hydrogens is 259 g/mol. The predicted molar refractivity (Wildman–Crippen MR) is 66.5 cm³/mol. The van der Waals surface area contributed by atoms with E-state index in [9.17, 15) is 13.2 Å². The first kappa shape index (κ1) is 15.6. The van der Waals surface area contributed by atoms with Crippen LogP contribution in [0.4, 0.5) is 13.2 Å². The van der Waals surface area contributed by atoms with E-state index in [2.05, 4.69) is 5.32 Å². The zero-order chi connectivity index (χ0) is 14.3. The second-order valence-corrected chi connectivity index (χ2v) is 4.08. The Kier molecular flexibility index (Phi) is 5.95. The van der Waals surface area contributed by atoms with E-state index in [0.29, 0.717) is 18.0 Å². The lowest BCUT2D eigenvalue weighted by Gasteiger charge is -2.12. The van der Waals surface area contributed by atoms with Gasteiger partial charge in [0.05, 0.1) is 13.7 Å². The lowest BCUT2D eigenvalue weighted by atomic mass is 10.2. The van der Waals surface area contributed by atoms with Gasteiger partial charge in [0.25, 0.3) is 0 Å². The number of hydrogen-bond donors (Lipinski definition) is 1. The number of ether oxygens (including phenoxy) is 2. The van der Waals surface area contributed by atoms with Crippen molar-refractivity contribution in [3.63, 3.8) is 0 Å². The number of halogens is 3. The molecule has 1 rings (SSSR count). The zero-order valence-electron chi connectivity index (χ0n) is 11.0. The van der Waals surface area contributed by atoms with Crippen molar-refractivity contribution in [2.75, 3.05) is 20.8 Å². The molecule has 19 heavy (non-hydrogen) atoms. The third-order valence-electron chi connectivity index (χ3n) is 2.47. The van der Waals surface area contributed by atoms with Gasteiger partial charge in [0.1, 0.15) is 0 Å². The molecule has 0 atom stereocenters. The molecule has 0 bridgehead atoms. The highest BCUT2D eigenvalue weighted by molar-refractivity contribution is 5.42. The van der Waals surface area contributed by atoms with Crippen LogP contribution in [0.2, 0.25) is 0 Å². The molecule has 0 radical (unpaired) electrons. The summed E-state index contributed by atoms with van der Waals surface area (Å²) in [6.45, 7) is 0.700. The molecule has 0 fully saturated rings. The van der Waals surface area contributed by atoms with Gasteiger partial charge in [-0.25, -0.2) is 0 Å². The molecule has 3 nitrogen and oxygen atoms in total. The Balaban J connectivity index is 2.53. The molecule has 0 aliphatic carbocycles. The Morgan fingerprint density at radius 2 is 1.95 bits per heavy atom. The Labute approximate surface area is 110 Å². The van der Waals surface area contributed by atoms with Crippen molar-refractivity contribution >= 4 is 0 Å². The second-order valence-electron chi connectivity index (χ2n) is 4.08. The third kappa shape index (κ3) is 5.83. The number of alkyl halides is 3. The maximum Gasteiger partial charge on any atom is 0.389 e. The lowest BCUT2D eigenvalue weighted by Crippen LogP contribution is -2.10. The topological polar surface area (TPSA) is 30.5 Å². The molecule has 0 aliphatic heterocycles. The van der Waals surface area contributed by atoms with Crippen LogP contribution in [0, 0.1) is 0 Å². The normalized spacial score (nSPS) is 11.4. The van der Waals surface area contributed by atoms with Crippen LogP contribution in [0.3, 0.4) is 0 Å². The molecule has 0 saturated carbocycles. The van der Waals surface area contributed by atoms with Gasteiger partial charge >= 0.3 is 6.18 Å². The zero-order valence-corrected chi connectivity index (χ0v) is 11.0. The van der Waals surface area contributed by atoms with Gasteiger partial charge in [-0.1, -0.05) is 6.07 Å². The van der Waals surface area contributed by atoms with Crippen molar-refractivity contribution in [1.29, 1.82) is 0 Å². The molecule has 0 unspecified atom stereocenters. The van der Waals surface area contributed by atoms with Crippen molar-refractivity contribution in [2.24, 2.45) is 0 Å². The molecule has 0 aliphatic rings. The van der Waals surface area contributed by atoms with Crippen LogP contribution in [0.25, 0.3) is 0 Å². The minimum atomic E-state index is -4.13. The summed E-state index contributed by atoms with van der Waals surface area (Å²) < 4.78 is 46.4. The van der Waals surface area contributed by atoms with E-state index in [1.165, 1.54) is 7.11 Å². The first-order valence-corrected chi connectivity index (χ1v) is 5.97. The van der Waals surface area contributed by atoms with Crippen LogP contribution >= 0.6 is 0 Å². The smallest absolute Gasteiger partial charge is 0.389 e. The van der Waals surface area contributed by atoms with Gasteiger partial charge in [0.15, 0.2) is 11.5 Å². The summed E-state index contributed by atoms with van der Waals surface area (Å²) in [6, 6.07) is 5.35. The monoisotopic (exact) mass is 277 g/mol. The highest BCUT2D eigenvalue weighted by atomic mass is 19.4. The first-order chi connectivity index (χ1) is 8.96. The van der Waals surface area contributed by atoms with E-state index < -0.39 is 12.6 Å². The molecule has 0 saturated heterocycles. The number of rotatable bonds is 7. The molecular formula is C13H18F3NO2. The molecule has 6 heteroatoms. The van der Waals surface area contributed by atoms with Crippen molar-refractivity contribution < 1.29 is 22.6 Å². The van der Waals surface area contributed by atoms with Crippen LogP contribution in [0.5, 0.6) is 11.5 Å². The molecule has 1 aromatic rings. The fraction of sp³-hybridized carbons (Fsp3) is 0.538. The minimum absolute atomic E-state index is 0.0151. The summed E-state index contributed by atoms with van der Waals surface area (Å²) in [6.07, 6.45) is -5.04. The molecule has 0 aromatic heterocycles. The Bertz CT molecular complexity index is 394. The predicted octanol–water partition coefficient (Wildman–Crippen LogP) is 3.14. The molecule has 0 spiro atoms. The minimum Gasteiger partial charge on any atom is -0.493 e. The summed E-state index contributed by atoms with van der Waals surface area (Å²) >= 11 is 0. The van der Waals surface area contributed by atoms with Gasteiger partial charge in [-0.05, 0) is 31.2 Å². The number of hydrogen-bond acceptors (Lipinski definition) is 3. The summed E-state index contributed by atoms with van der Waals surface area (Å²) in [7, 11) is 3.33. The van der Waals surface area contributed by atoms with Crippen LogP contribution < -0.4 is 14.8 Å². The summed E-state index contributed by atoms with van der Waals surface area (Å²) in [5.41, 5.74) is 1.02. The van der Waals surface area contributed by atoms with Crippen LogP contribution in [-0.4, -0.2) is 26.9 Å². The van der Waals surface area contributed by atoms with Gasteiger partial charge in [0.2, 0.25) is 0 Å². The molecule has 1 N–H and O–H groups in total. The fourth-order valence-electron chi connectivity index (χ4n) is 1.60. The number of nitrogens with one attached hydrogen (secondary N) is 1. The standard InChI is InChI=1S/C13H18F3NO2/c1-17-9-10-4-5-11(12(8-10)18-2)19-7-3-6-13(14,15)16/h4-5,8,17H,3,6-7,9H2,1-2H3. The first-order valence-electron chi connectivity index (χ1n) is 5.97. The maximum absolute atomic E-state index is 12.0. The van der Waals surface area contributed by atoms with Crippen molar-refractivity contribution in [2.45, 2.75) is 25.6 Å². The summed E-state index contributed by atoms with van der Waals surface area (Å²) in [4.78, 5) is 0. The van der Waals surface area contributed by atoms with Gasteiger partial charge in [-0.2, -0.15) is 13.2 Å². The van der Waals surface area contributed by atoms with Gasteiger partial charge in [0, 0.05) is 13.0 Å². The summed E-state index contributed by atoms with van der Waals surface area (Å²) in [5, 5.41) is 3.00. The van der Waals surface area contributed by atoms with E-state index in [1.54, 1.807) is 12.1 Å². The Morgan fingerprint density at radius 1 is 1.21 bits per heavy atom. The fourth-order valence-corrected chi connectivity index (χ4v) is 1.60. The third-order valence-corrected chi connectivity index (χ3v) is 2.47. The van der Waals surface area contributed by atoms with Crippen molar-refractivity contribution in [3.05, 3.63) is 23.8 Å². The van der Waals surface area contributed by atoms with E-state index in [-0.39, 0.29) is 13.0 Å². The molecule has 0 amide bonds. The van der Waals surface area contributed by atoms with Gasteiger partial charge < -0.3 is 14.8 Å². The van der Waals surface area contributed by atoms with E-state index >= 15 is 0 Å². The maximum atomic E-state index is 12.0. The van der Waals surface area contributed by atoms with Crippen LogP contribution in [0.1, 0.15) is 18.4 Å². The van der Waals surface area contributed by atoms with E-state index in [0.717, 1.165) is 5.56 Å². The van der Waals surface area contributed by atoms with Crippen molar-refractivity contribution in [3.8, 4) is 11.5 Å². The average molecular weight is 277 g/mol. The largest absolute Gasteiger partial charge is 0.493 e. The quantitative estimate of drug-likeness (QED) is 0.777. The molecule has 0 heterocycles. The number of methoxy groups -OCH3 is 1. The number of benzene rings is 1. The van der Waals surface area contributed by atoms with Crippen molar-refractivity contribution in [1.82, 2.24) is 5.32 Å². The SMILES string of the molecule is CNCc1ccc(OCCCC(F)(F)F)c(OC)c1. The van der Waals surface area contributed by atoms with Gasteiger partial charge in [-0.3, -0.25) is 0 Å². The van der Waals surface area contributed by atoms with Crippen LogP contribution in [0.15, 0.2) is 18.2 Å². The Morgan fingerprint density at radius 3 is 2.53 bits per heavy atom. The van der Waals surface area contributed by atoms with Crippen LogP contribution in [-0.2, 0) is 6.54 Å². The lowest BCUT2D eigenvalue weighted by molar-refractivity contribution is -0.136. The Hall–Kier alpha value is -1.43. The second kappa shape index (κ2) is 7.23. The van der Waals surface area contributed by atoms with E-state index in [4.69, 9.17) is 9.47 Å². The molecule has 108 valence electrons. The highest BCUT2D eigenvalue weighted by Crippen LogP contribution is 2.29. The average Bonchev–Trinajstić information content (AvgIpc) is 2.35. The summed E-state index contributed by atoms with van der Waals surface area (Å²) in [5.74, 6) is 0.990. The van der Waals surface area contributed by atoms with Gasteiger partial charge in [-0.15, -0.1) is 0 Å². The molecule has 1 aromatic carbocycles.